The molecule has 0 unspecified atom stereocenters. The van der Waals surface area contributed by atoms with Gasteiger partial charge in [-0.1, -0.05) is 74.5 Å². The van der Waals surface area contributed by atoms with Gasteiger partial charge in [-0.05, 0) is 130 Å². The lowest BCUT2D eigenvalue weighted by molar-refractivity contribution is -0.145. The molecule has 27 heteroatoms. The number of amides is 10. The highest BCUT2D eigenvalue weighted by atomic mass is 16.6. The number of carbonyl (C=O) groups excluding carboxylic acids is 10. The summed E-state index contributed by atoms with van der Waals surface area (Å²) in [7, 11) is 2.90. The molecule has 0 spiro atoms. The second kappa shape index (κ2) is 36.6. The van der Waals surface area contributed by atoms with E-state index < -0.39 is 144 Å². The van der Waals surface area contributed by atoms with Crippen molar-refractivity contribution >= 4 is 59.4 Å². The van der Waals surface area contributed by atoms with Crippen LogP contribution in [0.4, 0.5) is 9.59 Å². The molecule has 0 aliphatic carbocycles. The van der Waals surface area contributed by atoms with Crippen LogP contribution in [0.1, 0.15) is 156 Å². The Morgan fingerprint density at radius 1 is 0.505 bits per heavy atom. The summed E-state index contributed by atoms with van der Waals surface area (Å²) in [4.78, 5) is 144. The molecule has 4 aliphatic rings. The first-order valence-electron chi connectivity index (χ1n) is 33.6. The zero-order valence-corrected chi connectivity index (χ0v) is 57.1. The van der Waals surface area contributed by atoms with Gasteiger partial charge >= 0.3 is 12.2 Å². The molecule has 95 heavy (non-hydrogen) atoms. The van der Waals surface area contributed by atoms with Crippen LogP contribution in [0.25, 0.3) is 0 Å². The third kappa shape index (κ3) is 21.8. The number of aliphatic hydroxyl groups excluding tert-OH is 2. The SMILES string of the molecule is CC[C@@H](C(=O)N[C@@H]1C(=O)N2[C@@H](CC[C@@H]1CO)CC[C@H]2C(=O)N[C@H](C(=O)NCCCOCCOCCOCCCNC(=O)[C@@H](NC(=O)[C@@H]1CC[C@@H]2CC[C@H](CO)[C@H](NC(=O)[C@H](CC)N(C)C(=O)OC(C)(C)C)C(=O)N21)c1ccccc1)c1ccccc1)N(C)C(=O)OC(C)(C)C. The Balaban J connectivity index is 0.896. The van der Waals surface area contributed by atoms with E-state index in [0.29, 0.717) is 88.5 Å². The molecule has 4 saturated heterocycles. The number of carbonyl (C=O) groups is 10. The normalized spacial score (nSPS) is 22.4. The number of rotatable bonds is 32. The van der Waals surface area contributed by atoms with Crippen molar-refractivity contribution in [3.05, 3.63) is 71.8 Å². The molecule has 2 aromatic carbocycles. The third-order valence-electron chi connectivity index (χ3n) is 17.7. The van der Waals surface area contributed by atoms with E-state index in [1.54, 1.807) is 116 Å². The zero-order chi connectivity index (χ0) is 69.6. The molecule has 6 rings (SSSR count). The summed E-state index contributed by atoms with van der Waals surface area (Å²) >= 11 is 0. The van der Waals surface area contributed by atoms with E-state index in [0.717, 1.165) is 0 Å². The van der Waals surface area contributed by atoms with Crippen LogP contribution in [0.3, 0.4) is 0 Å². The molecule has 2 aromatic rings. The molecule has 0 saturated carbocycles. The molecular weight excluding hydrogens is 1230 g/mol. The van der Waals surface area contributed by atoms with Crippen molar-refractivity contribution in [2.24, 2.45) is 11.8 Å². The van der Waals surface area contributed by atoms with Crippen molar-refractivity contribution in [2.75, 3.05) is 80.0 Å². The summed E-state index contributed by atoms with van der Waals surface area (Å²) in [6.45, 7) is 15.2. The second-order valence-electron chi connectivity index (χ2n) is 26.9. The lowest BCUT2D eigenvalue weighted by Crippen LogP contribution is -2.59. The Hall–Kier alpha value is -7.46. The van der Waals surface area contributed by atoms with Crippen molar-refractivity contribution in [3.63, 3.8) is 0 Å². The summed E-state index contributed by atoms with van der Waals surface area (Å²) in [6, 6.07) is 8.42. The largest absolute Gasteiger partial charge is 0.444 e. The third-order valence-corrected chi connectivity index (χ3v) is 17.7. The highest BCUT2D eigenvalue weighted by Crippen LogP contribution is 2.37. The van der Waals surface area contributed by atoms with Crippen LogP contribution in [-0.2, 0) is 62.0 Å². The first-order valence-corrected chi connectivity index (χ1v) is 33.6. The zero-order valence-electron chi connectivity index (χ0n) is 57.1. The minimum Gasteiger partial charge on any atom is -0.444 e. The predicted molar refractivity (Wildman–Crippen MR) is 349 cm³/mol. The molecule has 0 aromatic heterocycles. The van der Waals surface area contributed by atoms with Crippen molar-refractivity contribution in [1.29, 1.82) is 0 Å². The fraction of sp³-hybridized carbons (Fsp3) is 0.676. The topological polar surface area (TPSA) is 342 Å². The Morgan fingerprint density at radius 3 is 1.17 bits per heavy atom. The lowest BCUT2D eigenvalue weighted by atomic mass is 9.93. The van der Waals surface area contributed by atoms with Gasteiger partial charge in [0, 0.05) is 77.5 Å². The summed E-state index contributed by atoms with van der Waals surface area (Å²) in [5.41, 5.74) is -0.551. The van der Waals surface area contributed by atoms with Crippen LogP contribution >= 0.6 is 0 Å². The summed E-state index contributed by atoms with van der Waals surface area (Å²) in [6.07, 6.45) is 3.38. The minimum atomic E-state index is -1.17. The van der Waals surface area contributed by atoms with Crippen LogP contribution in [0, 0.1) is 11.8 Å². The Bertz CT molecular complexity index is 2690. The average Bonchev–Trinajstić information content (AvgIpc) is 1.65. The molecule has 0 radical (unpaired) electrons. The van der Waals surface area contributed by atoms with Crippen LogP contribution in [0.5, 0.6) is 0 Å². The molecule has 0 bridgehead atoms. The summed E-state index contributed by atoms with van der Waals surface area (Å²) in [5, 5.41) is 38.1. The second-order valence-corrected chi connectivity index (χ2v) is 26.9. The van der Waals surface area contributed by atoms with Gasteiger partial charge in [0.2, 0.25) is 47.3 Å². The number of ether oxygens (including phenoxy) is 5. The van der Waals surface area contributed by atoms with E-state index in [9.17, 15) is 58.2 Å². The molecule has 10 amide bonds. The highest BCUT2D eigenvalue weighted by Gasteiger charge is 2.51. The summed E-state index contributed by atoms with van der Waals surface area (Å²) < 4.78 is 28.1. The maximum absolute atomic E-state index is 14.5. The molecule has 4 fully saturated rings. The number of hydrogen-bond donors (Lipinski definition) is 8. The molecular formula is C68H104N10O17. The number of likely N-dealkylation sites (N-methyl/N-ethyl adjacent to an activating group) is 2. The van der Waals surface area contributed by atoms with Gasteiger partial charge in [0.25, 0.3) is 0 Å². The monoisotopic (exact) mass is 1330 g/mol. The average molecular weight is 1330 g/mol. The number of benzene rings is 2. The fourth-order valence-electron chi connectivity index (χ4n) is 12.7. The van der Waals surface area contributed by atoms with Gasteiger partial charge in [0.15, 0.2) is 0 Å². The van der Waals surface area contributed by atoms with Gasteiger partial charge in [-0.2, -0.15) is 0 Å². The van der Waals surface area contributed by atoms with E-state index in [1.165, 1.54) is 33.7 Å². The van der Waals surface area contributed by atoms with Crippen LogP contribution < -0.4 is 31.9 Å². The molecule has 528 valence electrons. The number of fused-ring (bicyclic) bond motifs is 2. The Kier molecular flexibility index (Phi) is 29.5. The van der Waals surface area contributed by atoms with Crippen LogP contribution in [0.2, 0.25) is 0 Å². The minimum absolute atomic E-state index is 0.219. The molecule has 4 aliphatic heterocycles. The molecule has 8 N–H and O–H groups in total. The molecule has 4 heterocycles. The smallest absolute Gasteiger partial charge is 0.410 e. The quantitative estimate of drug-likeness (QED) is 0.0486. The van der Waals surface area contributed by atoms with Crippen molar-refractivity contribution in [3.8, 4) is 0 Å². The maximum Gasteiger partial charge on any atom is 0.410 e. The van der Waals surface area contributed by atoms with E-state index in [-0.39, 0.29) is 64.4 Å². The van der Waals surface area contributed by atoms with Crippen LogP contribution in [0.15, 0.2) is 60.7 Å². The lowest BCUT2D eigenvalue weighted by Gasteiger charge is -2.34. The standard InChI is InChI=1S/C68H104N10O17/c1-11-49(75(9)65(89)94-67(3,4)5)57(81)73-55-45(41-79)25-27-47-29-31-51(77(47)63(55)87)59(83)71-53(43-21-15-13-16-22-43)61(85)69-33-19-35-91-37-39-93-40-38-92-36-20-34-70-62(86)54(44-23-17-14-18-24-44)72-60(84)52-32-30-48-28-26-46(42-80)56(64(88)78(48)52)74-58(82)50(12-2)76(10)66(90)95-68(6,7)8/h13-18,21-24,45-56,79-80H,11-12,19-20,25-42H2,1-10H3,(H,69,85)(H,70,86)(H,71,83)(H,72,84)(H,73,81)(H,74,82)/t45-,46-,47+,48+,49+,50+,51+,52+,53+,54+,55+,56+/m1/s1. The van der Waals surface area contributed by atoms with Gasteiger partial charge in [0.1, 0.15) is 59.5 Å². The highest BCUT2D eigenvalue weighted by molar-refractivity contribution is 5.98. The Morgan fingerprint density at radius 2 is 0.842 bits per heavy atom. The van der Waals surface area contributed by atoms with Gasteiger partial charge in [-0.25, -0.2) is 9.59 Å². The van der Waals surface area contributed by atoms with E-state index >= 15 is 0 Å². The van der Waals surface area contributed by atoms with Gasteiger partial charge in [-0.15, -0.1) is 0 Å². The van der Waals surface area contributed by atoms with Crippen LogP contribution in [-0.4, -0.2) is 229 Å². The molecule has 27 nitrogen and oxygen atoms in total. The number of nitrogens with one attached hydrogen (secondary N) is 6. The fourth-order valence-corrected chi connectivity index (χ4v) is 12.7. The first kappa shape index (κ1) is 76.6. The Labute approximate surface area is 558 Å². The van der Waals surface area contributed by atoms with Crippen molar-refractivity contribution < 1.29 is 81.8 Å². The van der Waals surface area contributed by atoms with Gasteiger partial charge in [-0.3, -0.25) is 48.2 Å². The van der Waals surface area contributed by atoms with E-state index in [4.69, 9.17) is 23.7 Å². The van der Waals surface area contributed by atoms with Crippen molar-refractivity contribution in [2.45, 2.75) is 204 Å². The molecule has 12 atom stereocenters. The summed E-state index contributed by atoms with van der Waals surface area (Å²) in [5.74, 6) is -5.50. The number of nitrogens with zero attached hydrogens (tertiary/aromatic N) is 4. The van der Waals surface area contributed by atoms with E-state index in [2.05, 4.69) is 31.9 Å². The van der Waals surface area contributed by atoms with Gasteiger partial charge < -0.3 is 75.6 Å². The first-order chi connectivity index (χ1) is 45.2. The van der Waals surface area contributed by atoms with E-state index in [1.807, 2.05) is 0 Å². The maximum atomic E-state index is 14.5. The number of aliphatic hydroxyl groups is 2. The van der Waals surface area contributed by atoms with Crippen molar-refractivity contribution in [1.82, 2.24) is 51.5 Å². The predicted octanol–water partition coefficient (Wildman–Crippen LogP) is 3.55. The number of hydrogen-bond acceptors (Lipinski definition) is 17. The van der Waals surface area contributed by atoms with Gasteiger partial charge in [0.05, 0.1) is 26.4 Å².